The van der Waals surface area contributed by atoms with Crippen molar-refractivity contribution < 1.29 is 23.1 Å². The zero-order valence-corrected chi connectivity index (χ0v) is 13.9. The van der Waals surface area contributed by atoms with Crippen LogP contribution < -0.4 is 21.5 Å². The van der Waals surface area contributed by atoms with Gasteiger partial charge in [-0.3, -0.25) is 4.79 Å². The number of rotatable bonds is 5. The van der Waals surface area contributed by atoms with Crippen LogP contribution in [0.5, 0.6) is 0 Å². The molecule has 0 aliphatic rings. The van der Waals surface area contributed by atoms with E-state index in [1.54, 1.807) is 24.3 Å². The Morgan fingerprint density at radius 3 is 2.12 bits per heavy atom. The smallest absolute Gasteiger partial charge is 0.335 e. The topological polar surface area (TPSA) is 165 Å². The number of amides is 1. The minimum Gasteiger partial charge on any atom is -0.478 e. The number of benzene rings is 2. The van der Waals surface area contributed by atoms with Crippen LogP contribution in [0.3, 0.4) is 0 Å². The van der Waals surface area contributed by atoms with E-state index in [0.29, 0.717) is 11.4 Å². The van der Waals surface area contributed by atoms with Gasteiger partial charge >= 0.3 is 5.97 Å². The summed E-state index contributed by atoms with van der Waals surface area (Å²) in [6.45, 7) is 1.37. The Hall–Kier alpha value is -3.11. The molecule has 1 amide bonds. The Balaban J connectivity index is 2.45. The molecular weight excluding hydrogens is 348 g/mol. The molecule has 0 unspecified atom stereocenters. The van der Waals surface area contributed by atoms with Gasteiger partial charge in [0, 0.05) is 18.3 Å². The highest BCUT2D eigenvalue weighted by Gasteiger charge is 2.20. The van der Waals surface area contributed by atoms with Crippen LogP contribution in [0.4, 0.5) is 22.7 Å². The second-order valence-corrected chi connectivity index (χ2v) is 6.70. The number of carbonyl (C=O) groups excluding carboxylic acids is 1. The van der Waals surface area contributed by atoms with Crippen molar-refractivity contribution in [2.75, 3.05) is 16.4 Å². The molecule has 0 aliphatic heterocycles. The maximum absolute atomic E-state index is 11.8. The summed E-state index contributed by atoms with van der Waals surface area (Å²) >= 11 is 0. The standard InChI is InChI=1S/C15H16N4O5S/c1-8(20)18-10-2-4-11(5-3-10)19-14-12(16)6-9(15(21)22)7-13(14)25(17,23)24/h2-7,19H,16H2,1H3,(H,18,20)(H,21,22)(H2,17,23,24). The molecular formula is C15H16N4O5S. The minimum absolute atomic E-state index is 0.0280. The molecule has 0 atom stereocenters. The van der Waals surface area contributed by atoms with Crippen LogP contribution in [0.25, 0.3) is 0 Å². The lowest BCUT2D eigenvalue weighted by Gasteiger charge is -2.15. The highest BCUT2D eigenvalue weighted by atomic mass is 32.2. The summed E-state index contributed by atoms with van der Waals surface area (Å²) in [5, 5.41) is 19.6. The fraction of sp³-hybridized carbons (Fsp3) is 0.0667. The predicted octanol–water partition coefficient (Wildman–Crippen LogP) is 1.32. The van der Waals surface area contributed by atoms with Crippen LogP contribution in [0, 0.1) is 0 Å². The third-order valence-electron chi connectivity index (χ3n) is 3.16. The summed E-state index contributed by atoms with van der Waals surface area (Å²) in [4.78, 5) is 21.7. The van der Waals surface area contributed by atoms with Crippen molar-refractivity contribution in [1.82, 2.24) is 0 Å². The van der Waals surface area contributed by atoms with Crippen LogP contribution in [-0.2, 0) is 14.8 Å². The molecule has 0 heterocycles. The first-order valence-electron chi connectivity index (χ1n) is 6.92. The maximum atomic E-state index is 11.8. The summed E-state index contributed by atoms with van der Waals surface area (Å²) in [5.41, 5.74) is 6.40. The molecule has 25 heavy (non-hydrogen) atoms. The summed E-state index contributed by atoms with van der Waals surface area (Å²) < 4.78 is 23.6. The van der Waals surface area contributed by atoms with Gasteiger partial charge in [-0.05, 0) is 36.4 Å². The number of primary sulfonamides is 1. The van der Waals surface area contributed by atoms with Crippen molar-refractivity contribution in [3.63, 3.8) is 0 Å². The summed E-state index contributed by atoms with van der Waals surface area (Å²) in [6.07, 6.45) is 0. The first-order valence-corrected chi connectivity index (χ1v) is 8.47. The Morgan fingerprint density at radius 2 is 1.64 bits per heavy atom. The number of carboxylic acid groups (broad SMARTS) is 1. The normalized spacial score (nSPS) is 11.0. The van der Waals surface area contributed by atoms with Crippen molar-refractivity contribution in [3.05, 3.63) is 42.0 Å². The van der Waals surface area contributed by atoms with Crippen LogP contribution in [0.15, 0.2) is 41.3 Å². The zero-order valence-electron chi connectivity index (χ0n) is 13.1. The highest BCUT2D eigenvalue weighted by molar-refractivity contribution is 7.89. The summed E-state index contributed by atoms with van der Waals surface area (Å²) in [7, 11) is -4.22. The largest absolute Gasteiger partial charge is 0.478 e. The monoisotopic (exact) mass is 364 g/mol. The number of nitrogens with two attached hydrogens (primary N) is 2. The van der Waals surface area contributed by atoms with Gasteiger partial charge in [0.05, 0.1) is 16.9 Å². The molecule has 0 radical (unpaired) electrons. The Labute approximate surface area is 143 Å². The van der Waals surface area contributed by atoms with Crippen LogP contribution in [-0.4, -0.2) is 25.4 Å². The Kier molecular flexibility index (Phi) is 4.95. The van der Waals surface area contributed by atoms with Gasteiger partial charge < -0.3 is 21.5 Å². The first-order chi connectivity index (χ1) is 11.6. The average Bonchev–Trinajstić information content (AvgIpc) is 2.49. The molecule has 2 aromatic carbocycles. The second-order valence-electron chi connectivity index (χ2n) is 5.17. The number of aromatic carboxylic acids is 1. The van der Waals surface area contributed by atoms with Gasteiger partial charge in [0.1, 0.15) is 4.90 Å². The van der Waals surface area contributed by atoms with Crippen molar-refractivity contribution in [2.24, 2.45) is 5.14 Å². The van der Waals surface area contributed by atoms with Gasteiger partial charge in [-0.25, -0.2) is 18.4 Å². The predicted molar refractivity (Wildman–Crippen MR) is 93.2 cm³/mol. The number of anilines is 4. The maximum Gasteiger partial charge on any atom is 0.335 e. The fourth-order valence-corrected chi connectivity index (χ4v) is 2.85. The fourth-order valence-electron chi connectivity index (χ4n) is 2.10. The molecule has 2 rings (SSSR count). The van der Waals surface area contributed by atoms with Crippen molar-refractivity contribution in [1.29, 1.82) is 0 Å². The van der Waals surface area contributed by atoms with Crippen molar-refractivity contribution in [2.45, 2.75) is 11.8 Å². The van der Waals surface area contributed by atoms with E-state index in [1.807, 2.05) is 0 Å². The molecule has 0 fully saturated rings. The van der Waals surface area contributed by atoms with Gasteiger partial charge in [0.15, 0.2) is 0 Å². The number of nitrogen functional groups attached to an aromatic ring is 1. The van der Waals surface area contributed by atoms with E-state index in [1.165, 1.54) is 6.92 Å². The number of carboxylic acids is 1. The zero-order chi connectivity index (χ0) is 18.8. The van der Waals surface area contributed by atoms with Gasteiger partial charge in [0.2, 0.25) is 15.9 Å². The van der Waals surface area contributed by atoms with Crippen LogP contribution in [0.1, 0.15) is 17.3 Å². The second kappa shape index (κ2) is 6.79. The van der Waals surface area contributed by atoms with E-state index in [0.717, 1.165) is 12.1 Å². The van der Waals surface area contributed by atoms with Gasteiger partial charge in [0.25, 0.3) is 0 Å². The third kappa shape index (κ3) is 4.46. The molecule has 0 saturated carbocycles. The lowest BCUT2D eigenvalue weighted by atomic mass is 10.1. The summed E-state index contributed by atoms with van der Waals surface area (Å²) in [5.74, 6) is -1.56. The van der Waals surface area contributed by atoms with Crippen LogP contribution in [0.2, 0.25) is 0 Å². The average molecular weight is 364 g/mol. The molecule has 0 aliphatic carbocycles. The van der Waals surface area contributed by atoms with Crippen LogP contribution >= 0.6 is 0 Å². The van der Waals surface area contributed by atoms with E-state index >= 15 is 0 Å². The molecule has 7 N–H and O–H groups in total. The quantitative estimate of drug-likeness (QED) is 0.499. The van der Waals surface area contributed by atoms with E-state index in [2.05, 4.69) is 10.6 Å². The van der Waals surface area contributed by atoms with Gasteiger partial charge in [-0.1, -0.05) is 0 Å². The lowest BCUT2D eigenvalue weighted by molar-refractivity contribution is -0.114. The van der Waals surface area contributed by atoms with E-state index < -0.39 is 20.9 Å². The van der Waals surface area contributed by atoms with E-state index in [9.17, 15) is 18.0 Å². The molecule has 9 nitrogen and oxygen atoms in total. The van der Waals surface area contributed by atoms with Gasteiger partial charge in [-0.15, -0.1) is 0 Å². The van der Waals surface area contributed by atoms with Gasteiger partial charge in [-0.2, -0.15) is 0 Å². The molecule has 0 aromatic heterocycles. The molecule has 2 aromatic rings. The lowest BCUT2D eigenvalue weighted by Crippen LogP contribution is -2.16. The molecule has 10 heteroatoms. The number of hydrogen-bond acceptors (Lipinski definition) is 6. The number of nitrogens with one attached hydrogen (secondary N) is 2. The summed E-state index contributed by atoms with van der Waals surface area (Å²) in [6, 6.07) is 8.43. The van der Waals surface area contributed by atoms with E-state index in [4.69, 9.17) is 16.0 Å². The van der Waals surface area contributed by atoms with Crippen molar-refractivity contribution in [3.8, 4) is 0 Å². The number of sulfonamides is 1. The number of hydrogen-bond donors (Lipinski definition) is 5. The Bertz CT molecular complexity index is 939. The molecule has 132 valence electrons. The Morgan fingerprint density at radius 1 is 1.08 bits per heavy atom. The minimum atomic E-state index is -4.22. The van der Waals surface area contributed by atoms with E-state index in [-0.39, 0.29) is 22.8 Å². The highest BCUT2D eigenvalue weighted by Crippen LogP contribution is 2.32. The first kappa shape index (κ1) is 18.2. The van der Waals surface area contributed by atoms with Crippen molar-refractivity contribution >= 4 is 44.6 Å². The SMILES string of the molecule is CC(=O)Nc1ccc(Nc2c(N)cc(C(=O)O)cc2S(N)(=O)=O)cc1. The number of carbonyl (C=O) groups is 2. The third-order valence-corrected chi connectivity index (χ3v) is 4.10. The molecule has 0 bridgehead atoms. The molecule has 0 saturated heterocycles. The molecule has 0 spiro atoms.